The molecule has 136 valence electrons. The quantitative estimate of drug-likeness (QED) is 0.800. The Morgan fingerprint density at radius 1 is 1.46 bits per heavy atom. The lowest BCUT2D eigenvalue weighted by molar-refractivity contribution is -0.126. The number of hydrogen-bond acceptors (Lipinski definition) is 4. The Balaban J connectivity index is 0.00000288. The van der Waals surface area contributed by atoms with Crippen molar-refractivity contribution in [1.82, 2.24) is 10.6 Å². The van der Waals surface area contributed by atoms with E-state index in [-0.39, 0.29) is 24.2 Å². The monoisotopic (exact) mass is 376 g/mol. The number of benzene rings is 1. The zero-order valence-corrected chi connectivity index (χ0v) is 15.9. The maximum Gasteiger partial charge on any atom is 0.223 e. The predicted molar refractivity (Wildman–Crippen MR) is 98.5 cm³/mol. The second-order valence-electron chi connectivity index (χ2n) is 5.84. The van der Waals surface area contributed by atoms with Crippen LogP contribution in [0.1, 0.15) is 32.3 Å². The number of amides is 1. The maximum atomic E-state index is 12.3. The van der Waals surface area contributed by atoms with Gasteiger partial charge in [-0.05, 0) is 50.9 Å². The predicted octanol–water partition coefficient (Wildman–Crippen LogP) is 3.17. The smallest absolute Gasteiger partial charge is 0.223 e. The lowest BCUT2D eigenvalue weighted by Gasteiger charge is -2.27. The molecule has 0 saturated carbocycles. The number of hydrogen-bond donors (Lipinski definition) is 2. The molecule has 1 aromatic rings. The normalized spacial score (nSPS) is 20.0. The first-order valence-corrected chi connectivity index (χ1v) is 8.43. The Hall–Kier alpha value is -1.17. The molecule has 2 atom stereocenters. The number of ether oxygens (including phenoxy) is 2. The molecular formula is C17H26Cl2N2O3. The molecule has 1 aliphatic rings. The van der Waals surface area contributed by atoms with Crippen LogP contribution in [0, 0.1) is 5.92 Å². The van der Waals surface area contributed by atoms with Crippen LogP contribution in [0.15, 0.2) is 12.1 Å². The summed E-state index contributed by atoms with van der Waals surface area (Å²) >= 11 is 6.25. The second kappa shape index (κ2) is 9.97. The first-order chi connectivity index (χ1) is 11.0. The molecule has 1 aliphatic heterocycles. The Labute approximate surface area is 154 Å². The van der Waals surface area contributed by atoms with Crippen LogP contribution in [-0.2, 0) is 11.3 Å². The molecule has 0 bridgehead atoms. The van der Waals surface area contributed by atoms with Gasteiger partial charge in [-0.2, -0.15) is 0 Å². The molecule has 2 N–H and O–H groups in total. The third kappa shape index (κ3) is 5.43. The van der Waals surface area contributed by atoms with Gasteiger partial charge < -0.3 is 20.1 Å². The minimum absolute atomic E-state index is 0. The van der Waals surface area contributed by atoms with Crippen LogP contribution in [-0.4, -0.2) is 32.2 Å². The summed E-state index contributed by atoms with van der Waals surface area (Å²) in [6, 6.07) is 4.04. The summed E-state index contributed by atoms with van der Waals surface area (Å²) in [5, 5.41) is 6.84. The van der Waals surface area contributed by atoms with E-state index in [9.17, 15) is 4.79 Å². The summed E-state index contributed by atoms with van der Waals surface area (Å²) in [6.45, 7) is 5.84. The van der Waals surface area contributed by atoms with Crippen molar-refractivity contribution >= 4 is 29.9 Å². The zero-order chi connectivity index (χ0) is 16.8. The average molecular weight is 377 g/mol. The summed E-state index contributed by atoms with van der Waals surface area (Å²) in [7, 11) is 1.58. The number of halogens is 2. The molecule has 0 radical (unpaired) electrons. The SMILES string of the molecule is CCOc1c(Cl)cc(CNC(=O)[C@H]2CCN[C@@H](C)C2)cc1OC.Cl. The Bertz CT molecular complexity index is 555. The Morgan fingerprint density at radius 3 is 2.83 bits per heavy atom. The van der Waals surface area contributed by atoms with Crippen LogP contribution in [0.2, 0.25) is 5.02 Å². The van der Waals surface area contributed by atoms with Gasteiger partial charge in [0, 0.05) is 18.5 Å². The molecule has 5 nitrogen and oxygen atoms in total. The van der Waals surface area contributed by atoms with E-state index in [2.05, 4.69) is 17.6 Å². The van der Waals surface area contributed by atoms with Gasteiger partial charge in [0.15, 0.2) is 11.5 Å². The van der Waals surface area contributed by atoms with Crippen LogP contribution >= 0.6 is 24.0 Å². The molecular weight excluding hydrogens is 351 g/mol. The van der Waals surface area contributed by atoms with Gasteiger partial charge in [-0.25, -0.2) is 0 Å². The van der Waals surface area contributed by atoms with Crippen molar-refractivity contribution in [1.29, 1.82) is 0 Å². The largest absolute Gasteiger partial charge is 0.493 e. The molecule has 0 spiro atoms. The van der Waals surface area contributed by atoms with E-state index in [0.29, 0.717) is 35.7 Å². The van der Waals surface area contributed by atoms with Gasteiger partial charge in [0.1, 0.15) is 0 Å². The van der Waals surface area contributed by atoms with Crippen molar-refractivity contribution in [3.05, 3.63) is 22.7 Å². The van der Waals surface area contributed by atoms with Crippen LogP contribution in [0.3, 0.4) is 0 Å². The first kappa shape index (κ1) is 20.9. The molecule has 2 rings (SSSR count). The molecule has 24 heavy (non-hydrogen) atoms. The number of piperidine rings is 1. The third-order valence-corrected chi connectivity index (χ3v) is 4.32. The Morgan fingerprint density at radius 2 is 2.21 bits per heavy atom. The number of rotatable bonds is 6. The molecule has 1 aromatic carbocycles. The molecule has 1 saturated heterocycles. The minimum atomic E-state index is 0. The molecule has 1 heterocycles. The fourth-order valence-corrected chi connectivity index (χ4v) is 3.15. The van der Waals surface area contributed by atoms with E-state index >= 15 is 0 Å². The van der Waals surface area contributed by atoms with Crippen molar-refractivity contribution in [2.45, 2.75) is 39.3 Å². The fourth-order valence-electron chi connectivity index (χ4n) is 2.86. The fraction of sp³-hybridized carbons (Fsp3) is 0.588. The summed E-state index contributed by atoms with van der Waals surface area (Å²) in [5.74, 6) is 1.30. The van der Waals surface area contributed by atoms with Crippen molar-refractivity contribution in [3.63, 3.8) is 0 Å². The van der Waals surface area contributed by atoms with Gasteiger partial charge in [-0.15, -0.1) is 12.4 Å². The first-order valence-electron chi connectivity index (χ1n) is 8.05. The highest BCUT2D eigenvalue weighted by atomic mass is 35.5. The summed E-state index contributed by atoms with van der Waals surface area (Å²) in [6.07, 6.45) is 1.75. The van der Waals surface area contributed by atoms with Gasteiger partial charge in [-0.1, -0.05) is 11.6 Å². The van der Waals surface area contributed by atoms with E-state index in [1.54, 1.807) is 13.2 Å². The summed E-state index contributed by atoms with van der Waals surface area (Å²) < 4.78 is 10.8. The average Bonchev–Trinajstić information content (AvgIpc) is 2.54. The lowest BCUT2D eigenvalue weighted by Crippen LogP contribution is -2.42. The molecule has 1 amide bonds. The summed E-state index contributed by atoms with van der Waals surface area (Å²) in [4.78, 5) is 12.3. The Kier molecular flexibility index (Phi) is 8.67. The standard InChI is InChI=1S/C17H25ClN2O3.ClH/c1-4-23-16-14(18)8-12(9-15(16)22-3)10-20-17(21)13-5-6-19-11(2)7-13;/h8-9,11,13,19H,4-7,10H2,1-3H3,(H,20,21);1H/t11-,13-;/m0./s1. The van der Waals surface area contributed by atoms with Gasteiger partial charge in [0.05, 0.1) is 18.7 Å². The third-order valence-electron chi connectivity index (χ3n) is 4.04. The highest BCUT2D eigenvalue weighted by molar-refractivity contribution is 6.32. The van der Waals surface area contributed by atoms with Crippen LogP contribution in [0.5, 0.6) is 11.5 Å². The van der Waals surface area contributed by atoms with Gasteiger partial charge >= 0.3 is 0 Å². The molecule has 7 heteroatoms. The van der Waals surface area contributed by atoms with Gasteiger partial charge in [-0.3, -0.25) is 4.79 Å². The van der Waals surface area contributed by atoms with Crippen LogP contribution in [0.4, 0.5) is 0 Å². The molecule has 0 unspecified atom stereocenters. The maximum absolute atomic E-state index is 12.3. The number of carbonyl (C=O) groups excluding carboxylic acids is 1. The van der Waals surface area contributed by atoms with Crippen LogP contribution in [0.25, 0.3) is 0 Å². The van der Waals surface area contributed by atoms with Gasteiger partial charge in [0.2, 0.25) is 5.91 Å². The lowest BCUT2D eigenvalue weighted by atomic mass is 9.92. The van der Waals surface area contributed by atoms with E-state index in [1.807, 2.05) is 13.0 Å². The van der Waals surface area contributed by atoms with Crippen molar-refractivity contribution in [2.75, 3.05) is 20.3 Å². The molecule has 0 aliphatic carbocycles. The van der Waals surface area contributed by atoms with E-state index in [1.165, 1.54) is 0 Å². The van der Waals surface area contributed by atoms with E-state index in [0.717, 1.165) is 24.9 Å². The number of nitrogens with one attached hydrogen (secondary N) is 2. The van der Waals surface area contributed by atoms with Crippen molar-refractivity contribution in [2.24, 2.45) is 5.92 Å². The van der Waals surface area contributed by atoms with Gasteiger partial charge in [0.25, 0.3) is 0 Å². The second-order valence-corrected chi connectivity index (χ2v) is 6.24. The highest BCUT2D eigenvalue weighted by Gasteiger charge is 2.24. The highest BCUT2D eigenvalue weighted by Crippen LogP contribution is 2.36. The summed E-state index contributed by atoms with van der Waals surface area (Å²) in [5.41, 5.74) is 0.894. The van der Waals surface area contributed by atoms with E-state index < -0.39 is 0 Å². The van der Waals surface area contributed by atoms with Crippen LogP contribution < -0.4 is 20.1 Å². The number of carbonyl (C=O) groups is 1. The zero-order valence-electron chi connectivity index (χ0n) is 14.4. The van der Waals surface area contributed by atoms with Crippen molar-refractivity contribution < 1.29 is 14.3 Å². The van der Waals surface area contributed by atoms with Crippen molar-refractivity contribution in [3.8, 4) is 11.5 Å². The number of methoxy groups -OCH3 is 1. The van der Waals surface area contributed by atoms with E-state index in [4.69, 9.17) is 21.1 Å². The topological polar surface area (TPSA) is 59.6 Å². The minimum Gasteiger partial charge on any atom is -0.493 e. The molecule has 1 fully saturated rings. The molecule has 0 aromatic heterocycles.